The van der Waals surface area contributed by atoms with Crippen molar-refractivity contribution in [3.05, 3.63) is 71.9 Å². The normalized spacial score (nSPS) is 15.2. The maximum absolute atomic E-state index is 13.1. The van der Waals surface area contributed by atoms with Crippen LogP contribution in [0.25, 0.3) is 10.9 Å². The van der Waals surface area contributed by atoms with E-state index in [0.717, 1.165) is 30.5 Å². The lowest BCUT2D eigenvalue weighted by atomic mass is 10.1. The average Bonchev–Trinajstić information content (AvgIpc) is 3.09. The maximum atomic E-state index is 13.1. The van der Waals surface area contributed by atoms with Crippen LogP contribution in [-0.2, 0) is 6.54 Å². The van der Waals surface area contributed by atoms with Gasteiger partial charge in [-0.05, 0) is 11.6 Å². The number of rotatable bonds is 3. The van der Waals surface area contributed by atoms with Crippen LogP contribution in [0.3, 0.4) is 0 Å². The van der Waals surface area contributed by atoms with Crippen LogP contribution in [0.4, 0.5) is 0 Å². The van der Waals surface area contributed by atoms with Crippen LogP contribution in [0.2, 0.25) is 0 Å². The van der Waals surface area contributed by atoms with Crippen molar-refractivity contribution in [3.8, 4) is 0 Å². The molecule has 27 heavy (non-hydrogen) atoms. The molecule has 5 heteroatoms. The van der Waals surface area contributed by atoms with Crippen molar-refractivity contribution in [3.63, 3.8) is 0 Å². The summed E-state index contributed by atoms with van der Waals surface area (Å²) in [6, 6.07) is 18.0. The summed E-state index contributed by atoms with van der Waals surface area (Å²) in [5.74, 6) is -0.0801. The first-order chi connectivity index (χ1) is 13.1. The third kappa shape index (κ3) is 3.51. The van der Waals surface area contributed by atoms with E-state index in [2.05, 4.69) is 29.2 Å². The highest BCUT2D eigenvalue weighted by Gasteiger charge is 2.25. The van der Waals surface area contributed by atoms with Crippen molar-refractivity contribution in [2.75, 3.05) is 26.2 Å². The zero-order valence-electron chi connectivity index (χ0n) is 15.5. The van der Waals surface area contributed by atoms with Gasteiger partial charge in [0.05, 0.1) is 11.1 Å². The van der Waals surface area contributed by atoms with Crippen molar-refractivity contribution in [2.24, 2.45) is 0 Å². The predicted molar refractivity (Wildman–Crippen MR) is 106 cm³/mol. The molecular formula is C22H23N3O2. The van der Waals surface area contributed by atoms with E-state index in [-0.39, 0.29) is 11.8 Å². The first kappa shape index (κ1) is 17.5. The standard InChI is InChI=1S/C22H23N3O2/c1-17(26)25-16-20(19-9-5-6-10-21(19)25)22(27)24-13-11-23(12-14-24)15-18-7-3-2-4-8-18/h2-10,16H,11-15H2,1H3. The summed E-state index contributed by atoms with van der Waals surface area (Å²) < 4.78 is 1.56. The largest absolute Gasteiger partial charge is 0.336 e. The molecule has 0 atom stereocenters. The predicted octanol–water partition coefficient (Wildman–Crippen LogP) is 3.26. The second-order valence-corrected chi connectivity index (χ2v) is 7.00. The topological polar surface area (TPSA) is 45.6 Å². The van der Waals surface area contributed by atoms with Gasteiger partial charge in [0.1, 0.15) is 0 Å². The molecule has 2 heterocycles. The summed E-state index contributed by atoms with van der Waals surface area (Å²) in [6.07, 6.45) is 1.69. The van der Waals surface area contributed by atoms with E-state index in [1.807, 2.05) is 35.2 Å². The third-order valence-electron chi connectivity index (χ3n) is 5.19. The number of benzene rings is 2. The van der Waals surface area contributed by atoms with Crippen molar-refractivity contribution in [1.29, 1.82) is 0 Å². The van der Waals surface area contributed by atoms with E-state index in [4.69, 9.17) is 0 Å². The number of carbonyl (C=O) groups is 2. The second kappa shape index (κ2) is 7.37. The zero-order valence-corrected chi connectivity index (χ0v) is 15.5. The number of piperazine rings is 1. The maximum Gasteiger partial charge on any atom is 0.256 e. The number of para-hydroxylation sites is 1. The van der Waals surface area contributed by atoms with Crippen molar-refractivity contribution in [2.45, 2.75) is 13.5 Å². The van der Waals surface area contributed by atoms with Crippen LogP contribution in [0.5, 0.6) is 0 Å². The van der Waals surface area contributed by atoms with E-state index in [1.54, 1.807) is 10.8 Å². The van der Waals surface area contributed by atoms with Gasteiger partial charge in [0.25, 0.3) is 5.91 Å². The summed E-state index contributed by atoms with van der Waals surface area (Å²) >= 11 is 0. The minimum atomic E-state index is -0.0852. The average molecular weight is 361 g/mol. The number of amides is 1. The first-order valence-corrected chi connectivity index (χ1v) is 9.30. The van der Waals surface area contributed by atoms with Crippen LogP contribution in [0.1, 0.15) is 27.6 Å². The molecule has 1 fully saturated rings. The molecule has 0 unspecified atom stereocenters. The van der Waals surface area contributed by atoms with Gasteiger partial charge in [0.2, 0.25) is 5.91 Å². The highest BCUT2D eigenvalue weighted by molar-refractivity contribution is 6.09. The first-order valence-electron chi connectivity index (χ1n) is 9.30. The Kier molecular flexibility index (Phi) is 4.77. The zero-order chi connectivity index (χ0) is 18.8. The van der Waals surface area contributed by atoms with Gasteiger partial charge in [-0.1, -0.05) is 48.5 Å². The SMILES string of the molecule is CC(=O)n1cc(C(=O)N2CCN(Cc3ccccc3)CC2)c2ccccc21. The molecule has 1 amide bonds. The fraction of sp³-hybridized carbons (Fsp3) is 0.273. The van der Waals surface area contributed by atoms with E-state index in [1.165, 1.54) is 12.5 Å². The number of carbonyl (C=O) groups excluding carboxylic acids is 2. The van der Waals surface area contributed by atoms with Gasteiger partial charge in [-0.25, -0.2) is 0 Å². The number of fused-ring (bicyclic) bond motifs is 1. The molecular weight excluding hydrogens is 338 g/mol. The van der Waals surface area contributed by atoms with Gasteiger partial charge in [0, 0.05) is 51.2 Å². The van der Waals surface area contributed by atoms with Gasteiger partial charge < -0.3 is 4.90 Å². The molecule has 138 valence electrons. The lowest BCUT2D eigenvalue weighted by Gasteiger charge is -2.34. The van der Waals surface area contributed by atoms with Crippen molar-refractivity contribution in [1.82, 2.24) is 14.4 Å². The molecule has 0 aliphatic carbocycles. The van der Waals surface area contributed by atoms with Crippen LogP contribution in [-0.4, -0.2) is 52.4 Å². The number of hydrogen-bond donors (Lipinski definition) is 0. The molecule has 1 saturated heterocycles. The Labute approximate surface area is 158 Å². The highest BCUT2D eigenvalue weighted by Crippen LogP contribution is 2.23. The van der Waals surface area contributed by atoms with Gasteiger partial charge >= 0.3 is 0 Å². The molecule has 5 nitrogen and oxygen atoms in total. The fourth-order valence-corrected chi connectivity index (χ4v) is 3.73. The Morgan fingerprint density at radius 1 is 0.889 bits per heavy atom. The molecule has 0 bridgehead atoms. The van der Waals surface area contributed by atoms with Crippen LogP contribution in [0, 0.1) is 0 Å². The van der Waals surface area contributed by atoms with Gasteiger partial charge in [-0.15, -0.1) is 0 Å². The smallest absolute Gasteiger partial charge is 0.256 e. The van der Waals surface area contributed by atoms with Crippen LogP contribution < -0.4 is 0 Å². The van der Waals surface area contributed by atoms with Crippen molar-refractivity contribution >= 4 is 22.7 Å². The molecule has 3 aromatic rings. The van der Waals surface area contributed by atoms with Gasteiger partial charge in [0.15, 0.2) is 0 Å². The minimum Gasteiger partial charge on any atom is -0.336 e. The molecule has 1 aromatic heterocycles. The summed E-state index contributed by atoms with van der Waals surface area (Å²) in [5, 5.41) is 0.837. The van der Waals surface area contributed by atoms with E-state index < -0.39 is 0 Å². The summed E-state index contributed by atoms with van der Waals surface area (Å²) in [4.78, 5) is 29.3. The lowest BCUT2D eigenvalue weighted by Crippen LogP contribution is -2.48. The fourth-order valence-electron chi connectivity index (χ4n) is 3.73. The van der Waals surface area contributed by atoms with Gasteiger partial charge in [-0.2, -0.15) is 0 Å². The lowest BCUT2D eigenvalue weighted by molar-refractivity contribution is 0.0630. The molecule has 0 radical (unpaired) electrons. The Morgan fingerprint density at radius 2 is 1.56 bits per heavy atom. The summed E-state index contributed by atoms with van der Waals surface area (Å²) in [6.45, 7) is 5.53. The van der Waals surface area contributed by atoms with Gasteiger partial charge in [-0.3, -0.25) is 19.1 Å². The molecule has 2 aromatic carbocycles. The second-order valence-electron chi connectivity index (χ2n) is 7.00. The summed E-state index contributed by atoms with van der Waals surface area (Å²) in [5.41, 5.74) is 2.69. The molecule has 1 aliphatic rings. The third-order valence-corrected chi connectivity index (χ3v) is 5.19. The van der Waals surface area contributed by atoms with E-state index in [0.29, 0.717) is 18.7 Å². The Hall–Kier alpha value is -2.92. The quantitative estimate of drug-likeness (QED) is 0.719. The number of hydrogen-bond acceptors (Lipinski definition) is 3. The molecule has 0 N–H and O–H groups in total. The number of aromatic nitrogens is 1. The monoisotopic (exact) mass is 361 g/mol. The Morgan fingerprint density at radius 3 is 2.26 bits per heavy atom. The van der Waals surface area contributed by atoms with Crippen LogP contribution >= 0.6 is 0 Å². The minimum absolute atomic E-state index is 0.00515. The Bertz CT molecular complexity index is 970. The van der Waals surface area contributed by atoms with E-state index in [9.17, 15) is 9.59 Å². The molecule has 0 saturated carbocycles. The molecule has 0 spiro atoms. The Balaban J connectivity index is 1.48. The number of nitrogens with zero attached hydrogens (tertiary/aromatic N) is 3. The molecule has 1 aliphatic heterocycles. The summed E-state index contributed by atoms with van der Waals surface area (Å²) in [7, 11) is 0. The van der Waals surface area contributed by atoms with Crippen molar-refractivity contribution < 1.29 is 9.59 Å². The van der Waals surface area contributed by atoms with E-state index >= 15 is 0 Å². The van der Waals surface area contributed by atoms with Crippen LogP contribution in [0.15, 0.2) is 60.8 Å². The molecule has 4 rings (SSSR count). The highest BCUT2D eigenvalue weighted by atomic mass is 16.2.